The highest BCUT2D eigenvalue weighted by atomic mass is 16.6. The van der Waals surface area contributed by atoms with Crippen molar-refractivity contribution in [2.45, 2.75) is 70.9 Å². The molecular formula is C25H33N3O5. The van der Waals surface area contributed by atoms with Crippen LogP contribution in [0.15, 0.2) is 23.0 Å². The second kappa shape index (κ2) is 8.80. The molecule has 1 saturated heterocycles. The van der Waals surface area contributed by atoms with E-state index in [0.717, 1.165) is 35.9 Å². The summed E-state index contributed by atoms with van der Waals surface area (Å²) in [4.78, 5) is 51.1. The predicted octanol–water partition coefficient (Wildman–Crippen LogP) is 3.39. The molecule has 1 atom stereocenters. The number of amides is 1. The average Bonchev–Trinajstić information content (AvgIpc) is 2.98. The number of aryl methyl sites for hydroxylation is 1. The van der Waals surface area contributed by atoms with Gasteiger partial charge in [-0.15, -0.1) is 0 Å². The number of rotatable bonds is 3. The Morgan fingerprint density at radius 3 is 2.39 bits per heavy atom. The molecule has 33 heavy (non-hydrogen) atoms. The van der Waals surface area contributed by atoms with Gasteiger partial charge in [-0.1, -0.05) is 6.07 Å². The number of nitrogens with zero attached hydrogens (tertiary/aromatic N) is 3. The van der Waals surface area contributed by atoms with E-state index in [1.54, 1.807) is 21.1 Å². The number of hydrogen-bond acceptors (Lipinski definition) is 5. The van der Waals surface area contributed by atoms with Crippen LogP contribution < -0.4 is 5.69 Å². The maximum atomic E-state index is 13.0. The molecule has 8 nitrogen and oxygen atoms in total. The van der Waals surface area contributed by atoms with Crippen molar-refractivity contribution in [1.29, 1.82) is 0 Å². The summed E-state index contributed by atoms with van der Waals surface area (Å²) in [6, 6.07) is 5.41. The van der Waals surface area contributed by atoms with Crippen LogP contribution in [0.2, 0.25) is 0 Å². The van der Waals surface area contributed by atoms with Crippen LogP contribution in [0.25, 0.3) is 11.0 Å². The zero-order valence-electron chi connectivity index (χ0n) is 19.9. The molecule has 1 aliphatic heterocycles. The molecular weight excluding hydrogens is 422 g/mol. The van der Waals surface area contributed by atoms with Crippen molar-refractivity contribution < 1.29 is 19.1 Å². The third kappa shape index (κ3) is 4.89. The van der Waals surface area contributed by atoms with E-state index in [9.17, 15) is 19.2 Å². The Labute approximate surface area is 193 Å². The molecule has 1 saturated carbocycles. The van der Waals surface area contributed by atoms with Gasteiger partial charge in [-0.05, 0) is 70.1 Å². The third-order valence-corrected chi connectivity index (χ3v) is 6.70. The average molecular weight is 456 g/mol. The number of hydrogen-bond donors (Lipinski definition) is 0. The molecule has 0 spiro atoms. The fourth-order valence-electron chi connectivity index (χ4n) is 4.95. The summed E-state index contributed by atoms with van der Waals surface area (Å²) >= 11 is 0. The standard InChI is InChI=1S/C25H33N3O5/c1-25(2,3)33-24(32)27-11-9-16(10-12-27)13-17-5-7-19-21(14-17)26(4)23(31)28(19)20-8-6-18(29)15-22(20)30/h5,7,14,16,20H,6,8-13,15H2,1-4H3. The molecule has 1 aliphatic carbocycles. The maximum Gasteiger partial charge on any atom is 0.410 e. The molecule has 178 valence electrons. The largest absolute Gasteiger partial charge is 0.444 e. The Balaban J connectivity index is 1.47. The SMILES string of the molecule is Cn1c(=O)n(C2CCC(=O)CC2=O)c2ccc(CC3CCN(C(=O)OC(C)(C)C)CC3)cc21. The molecule has 0 radical (unpaired) electrons. The number of aromatic nitrogens is 2. The van der Waals surface area contributed by atoms with Gasteiger partial charge < -0.3 is 9.64 Å². The summed E-state index contributed by atoms with van der Waals surface area (Å²) < 4.78 is 8.63. The summed E-state index contributed by atoms with van der Waals surface area (Å²) in [5.41, 5.74) is 1.96. The van der Waals surface area contributed by atoms with Gasteiger partial charge in [0.1, 0.15) is 11.4 Å². The summed E-state index contributed by atoms with van der Waals surface area (Å²) in [7, 11) is 1.72. The predicted molar refractivity (Wildman–Crippen MR) is 124 cm³/mol. The number of ether oxygens (including phenoxy) is 1. The van der Waals surface area contributed by atoms with E-state index in [0.29, 0.717) is 31.8 Å². The molecule has 4 rings (SSSR count). The van der Waals surface area contributed by atoms with Gasteiger partial charge >= 0.3 is 11.8 Å². The Morgan fingerprint density at radius 2 is 1.76 bits per heavy atom. The molecule has 0 bridgehead atoms. The number of piperidine rings is 1. The van der Waals surface area contributed by atoms with Gasteiger partial charge in [-0.3, -0.25) is 18.7 Å². The number of carbonyl (C=O) groups excluding carboxylic acids is 3. The number of Topliss-reactive ketones (excluding diaryl/α,β-unsaturated/α-hetero) is 2. The first kappa shape index (κ1) is 23.3. The van der Waals surface area contributed by atoms with Gasteiger partial charge in [-0.2, -0.15) is 0 Å². The normalized spacial score (nSPS) is 20.5. The number of ketones is 2. The molecule has 2 aromatic rings. The van der Waals surface area contributed by atoms with Crippen molar-refractivity contribution in [2.75, 3.05) is 13.1 Å². The fraction of sp³-hybridized carbons (Fsp3) is 0.600. The van der Waals surface area contributed by atoms with Gasteiger partial charge in [0.15, 0.2) is 5.78 Å². The Hall–Kier alpha value is -2.90. The van der Waals surface area contributed by atoms with Crippen LogP contribution in [0.5, 0.6) is 0 Å². The molecule has 8 heteroatoms. The molecule has 2 fully saturated rings. The molecule has 1 aromatic heterocycles. The van der Waals surface area contributed by atoms with Crippen LogP contribution in [0.4, 0.5) is 4.79 Å². The Morgan fingerprint density at radius 1 is 1.06 bits per heavy atom. The highest BCUT2D eigenvalue weighted by molar-refractivity contribution is 6.03. The minimum absolute atomic E-state index is 0.0514. The minimum atomic E-state index is -0.568. The van der Waals surface area contributed by atoms with E-state index in [4.69, 9.17) is 4.74 Å². The lowest BCUT2D eigenvalue weighted by molar-refractivity contribution is -0.132. The molecule has 1 aromatic carbocycles. The second-order valence-electron chi connectivity index (χ2n) is 10.4. The molecule has 2 aliphatic rings. The van der Waals surface area contributed by atoms with Crippen LogP contribution in [-0.4, -0.2) is 50.4 Å². The van der Waals surface area contributed by atoms with E-state index in [1.807, 2.05) is 39.0 Å². The van der Waals surface area contributed by atoms with Crippen LogP contribution in [0, 0.1) is 5.92 Å². The quantitative estimate of drug-likeness (QED) is 0.662. The maximum absolute atomic E-state index is 13.0. The third-order valence-electron chi connectivity index (χ3n) is 6.70. The Bertz CT molecular complexity index is 1150. The minimum Gasteiger partial charge on any atom is -0.444 e. The van der Waals surface area contributed by atoms with Crippen LogP contribution in [0.1, 0.15) is 64.5 Å². The van der Waals surface area contributed by atoms with Gasteiger partial charge in [-0.25, -0.2) is 9.59 Å². The van der Waals surface area contributed by atoms with Gasteiger partial charge in [0.05, 0.1) is 23.5 Å². The zero-order chi connectivity index (χ0) is 23.9. The van der Waals surface area contributed by atoms with Crippen molar-refractivity contribution in [3.8, 4) is 0 Å². The summed E-state index contributed by atoms with van der Waals surface area (Å²) in [5, 5.41) is 0. The van der Waals surface area contributed by atoms with Crippen LogP contribution in [0.3, 0.4) is 0 Å². The van der Waals surface area contributed by atoms with Crippen molar-refractivity contribution in [2.24, 2.45) is 13.0 Å². The monoisotopic (exact) mass is 455 g/mol. The van der Waals surface area contributed by atoms with E-state index in [2.05, 4.69) is 0 Å². The molecule has 2 heterocycles. The van der Waals surface area contributed by atoms with E-state index in [1.165, 1.54) is 0 Å². The number of benzene rings is 1. The first-order valence-corrected chi connectivity index (χ1v) is 11.8. The molecule has 0 N–H and O–H groups in total. The molecule has 1 unspecified atom stereocenters. The lowest BCUT2D eigenvalue weighted by atomic mass is 9.90. The highest BCUT2D eigenvalue weighted by Crippen LogP contribution is 2.28. The smallest absolute Gasteiger partial charge is 0.410 e. The number of carbonyl (C=O) groups is 3. The van der Waals surface area contributed by atoms with Crippen molar-refractivity contribution in [3.63, 3.8) is 0 Å². The van der Waals surface area contributed by atoms with E-state index in [-0.39, 0.29) is 29.8 Å². The fourth-order valence-corrected chi connectivity index (χ4v) is 4.95. The number of likely N-dealkylation sites (tertiary alicyclic amines) is 1. The van der Waals surface area contributed by atoms with Gasteiger partial charge in [0, 0.05) is 26.6 Å². The Kier molecular flexibility index (Phi) is 6.20. The van der Waals surface area contributed by atoms with E-state index < -0.39 is 11.6 Å². The molecule has 1 amide bonds. The lowest BCUT2D eigenvalue weighted by Crippen LogP contribution is -2.42. The van der Waals surface area contributed by atoms with Crippen molar-refractivity contribution in [1.82, 2.24) is 14.0 Å². The number of fused-ring (bicyclic) bond motifs is 1. The zero-order valence-corrected chi connectivity index (χ0v) is 19.9. The summed E-state index contributed by atoms with van der Waals surface area (Å²) in [6.07, 6.45) is 3.05. The van der Waals surface area contributed by atoms with Crippen LogP contribution >= 0.6 is 0 Å². The van der Waals surface area contributed by atoms with Crippen molar-refractivity contribution in [3.05, 3.63) is 34.2 Å². The van der Waals surface area contributed by atoms with Crippen molar-refractivity contribution >= 4 is 28.7 Å². The lowest BCUT2D eigenvalue weighted by Gasteiger charge is -2.33. The second-order valence-corrected chi connectivity index (χ2v) is 10.4. The first-order chi connectivity index (χ1) is 15.5. The van der Waals surface area contributed by atoms with Gasteiger partial charge in [0.2, 0.25) is 0 Å². The highest BCUT2D eigenvalue weighted by Gasteiger charge is 2.32. The number of imidazole rings is 1. The summed E-state index contributed by atoms with van der Waals surface area (Å²) in [5.74, 6) is 0.220. The van der Waals surface area contributed by atoms with Crippen LogP contribution in [-0.2, 0) is 27.8 Å². The van der Waals surface area contributed by atoms with E-state index >= 15 is 0 Å². The first-order valence-electron chi connectivity index (χ1n) is 11.8. The topological polar surface area (TPSA) is 90.6 Å². The summed E-state index contributed by atoms with van der Waals surface area (Å²) in [6.45, 7) is 6.98. The van der Waals surface area contributed by atoms with Gasteiger partial charge in [0.25, 0.3) is 0 Å².